The standard InChI is InChI=1S/C12H20N2O3S/c1-3-10-14(9(7-18-10)11(15)16)12(17)13-6-4-5-8(13)2/h8-10H,3-7H2,1-2H3,(H,15,16). The number of likely N-dealkylation sites (tertiary alicyclic amines) is 1. The van der Waals surface area contributed by atoms with Crippen molar-refractivity contribution < 1.29 is 14.7 Å². The number of hydrogen-bond acceptors (Lipinski definition) is 3. The Bertz CT molecular complexity index is 350. The first-order valence-corrected chi connectivity index (χ1v) is 7.54. The van der Waals surface area contributed by atoms with Gasteiger partial charge in [-0.05, 0) is 26.2 Å². The molecular formula is C12H20N2O3S. The van der Waals surface area contributed by atoms with Crippen LogP contribution in [0.4, 0.5) is 4.79 Å². The van der Waals surface area contributed by atoms with Crippen molar-refractivity contribution >= 4 is 23.8 Å². The van der Waals surface area contributed by atoms with Crippen LogP contribution in [0, 0.1) is 0 Å². The van der Waals surface area contributed by atoms with Gasteiger partial charge in [-0.25, -0.2) is 9.59 Å². The summed E-state index contributed by atoms with van der Waals surface area (Å²) in [6.07, 6.45) is 2.83. The highest BCUT2D eigenvalue weighted by Crippen LogP contribution is 2.33. The summed E-state index contributed by atoms with van der Waals surface area (Å²) in [7, 11) is 0. The van der Waals surface area contributed by atoms with E-state index in [1.54, 1.807) is 16.7 Å². The summed E-state index contributed by atoms with van der Waals surface area (Å²) in [6, 6.07) is -0.528. The Balaban J connectivity index is 2.16. The predicted molar refractivity (Wildman–Crippen MR) is 70.6 cm³/mol. The van der Waals surface area contributed by atoms with Crippen LogP contribution in [0.25, 0.3) is 0 Å². The molecule has 5 nitrogen and oxygen atoms in total. The molecule has 3 atom stereocenters. The van der Waals surface area contributed by atoms with Gasteiger partial charge in [0.05, 0.1) is 5.37 Å². The zero-order valence-corrected chi connectivity index (χ0v) is 11.7. The van der Waals surface area contributed by atoms with Gasteiger partial charge in [0, 0.05) is 18.3 Å². The number of carboxylic acid groups (broad SMARTS) is 1. The highest BCUT2D eigenvalue weighted by atomic mass is 32.2. The van der Waals surface area contributed by atoms with Gasteiger partial charge in [-0.3, -0.25) is 4.90 Å². The first kappa shape index (κ1) is 13.5. The first-order valence-electron chi connectivity index (χ1n) is 6.49. The Morgan fingerprint density at radius 2 is 2.17 bits per heavy atom. The van der Waals surface area contributed by atoms with Crippen molar-refractivity contribution in [2.75, 3.05) is 12.3 Å². The maximum atomic E-state index is 12.5. The zero-order valence-electron chi connectivity index (χ0n) is 10.8. The molecule has 0 aromatic rings. The van der Waals surface area contributed by atoms with E-state index in [4.69, 9.17) is 0 Å². The van der Waals surface area contributed by atoms with Crippen LogP contribution in [0.3, 0.4) is 0 Å². The second-order valence-electron chi connectivity index (χ2n) is 4.92. The van der Waals surface area contributed by atoms with E-state index in [0.717, 1.165) is 25.8 Å². The first-order chi connectivity index (χ1) is 8.56. The van der Waals surface area contributed by atoms with Gasteiger partial charge >= 0.3 is 12.0 Å². The minimum Gasteiger partial charge on any atom is -0.480 e. The van der Waals surface area contributed by atoms with Crippen LogP contribution in [0.5, 0.6) is 0 Å². The maximum absolute atomic E-state index is 12.5. The fourth-order valence-corrected chi connectivity index (χ4v) is 4.03. The quantitative estimate of drug-likeness (QED) is 0.833. The van der Waals surface area contributed by atoms with E-state index in [0.29, 0.717) is 5.75 Å². The van der Waals surface area contributed by atoms with Gasteiger partial charge in [0.25, 0.3) is 0 Å². The van der Waals surface area contributed by atoms with Crippen LogP contribution in [-0.4, -0.2) is 56.7 Å². The number of aliphatic carboxylic acids is 1. The van der Waals surface area contributed by atoms with E-state index in [2.05, 4.69) is 0 Å². The molecule has 2 aliphatic rings. The Kier molecular flexibility index (Phi) is 4.04. The van der Waals surface area contributed by atoms with Crippen molar-refractivity contribution in [2.24, 2.45) is 0 Å². The third kappa shape index (κ3) is 2.30. The van der Waals surface area contributed by atoms with Gasteiger partial charge < -0.3 is 10.0 Å². The number of carboxylic acids is 1. The van der Waals surface area contributed by atoms with E-state index >= 15 is 0 Å². The largest absolute Gasteiger partial charge is 0.480 e. The summed E-state index contributed by atoms with van der Waals surface area (Å²) < 4.78 is 0. The minimum absolute atomic E-state index is 0.00593. The molecule has 0 bridgehead atoms. The second kappa shape index (κ2) is 5.38. The van der Waals surface area contributed by atoms with E-state index in [1.807, 2.05) is 18.7 Å². The third-order valence-corrected chi connectivity index (χ3v) is 5.20. The summed E-state index contributed by atoms with van der Waals surface area (Å²) in [6.45, 7) is 4.78. The average molecular weight is 272 g/mol. The number of carbonyl (C=O) groups is 2. The fraction of sp³-hybridized carbons (Fsp3) is 0.833. The molecule has 2 saturated heterocycles. The highest BCUT2D eigenvalue weighted by molar-refractivity contribution is 8.00. The molecule has 0 radical (unpaired) electrons. The van der Waals surface area contributed by atoms with Crippen molar-refractivity contribution in [2.45, 2.75) is 50.6 Å². The number of urea groups is 1. The lowest BCUT2D eigenvalue weighted by molar-refractivity contribution is -0.141. The van der Waals surface area contributed by atoms with Gasteiger partial charge in [0.2, 0.25) is 0 Å². The number of thioether (sulfide) groups is 1. The number of amides is 2. The molecule has 3 unspecified atom stereocenters. The Morgan fingerprint density at radius 3 is 2.67 bits per heavy atom. The lowest BCUT2D eigenvalue weighted by Gasteiger charge is -2.33. The molecule has 102 valence electrons. The van der Waals surface area contributed by atoms with Crippen molar-refractivity contribution in [3.8, 4) is 0 Å². The molecule has 1 N–H and O–H groups in total. The summed E-state index contributed by atoms with van der Waals surface area (Å²) in [5.41, 5.74) is 0. The number of carbonyl (C=O) groups excluding carboxylic acids is 1. The third-order valence-electron chi connectivity index (χ3n) is 3.75. The van der Waals surface area contributed by atoms with Gasteiger partial charge in [0.1, 0.15) is 6.04 Å². The number of rotatable bonds is 2. The molecule has 0 aromatic carbocycles. The molecule has 2 rings (SSSR count). The number of nitrogens with zero attached hydrogens (tertiary/aromatic N) is 2. The molecule has 2 aliphatic heterocycles. The monoisotopic (exact) mass is 272 g/mol. The minimum atomic E-state index is -0.890. The molecule has 0 spiro atoms. The molecule has 2 fully saturated rings. The van der Waals surface area contributed by atoms with Crippen LogP contribution >= 0.6 is 11.8 Å². The van der Waals surface area contributed by atoms with Gasteiger partial charge in [-0.1, -0.05) is 6.92 Å². The average Bonchev–Trinajstić information content (AvgIpc) is 2.93. The molecule has 18 heavy (non-hydrogen) atoms. The van der Waals surface area contributed by atoms with E-state index in [1.165, 1.54) is 0 Å². The highest BCUT2D eigenvalue weighted by Gasteiger charge is 2.43. The molecule has 2 amide bonds. The molecule has 6 heteroatoms. The molecule has 2 heterocycles. The van der Waals surface area contributed by atoms with E-state index < -0.39 is 12.0 Å². The lowest BCUT2D eigenvalue weighted by Crippen LogP contribution is -2.52. The summed E-state index contributed by atoms with van der Waals surface area (Å²) >= 11 is 1.57. The predicted octanol–water partition coefficient (Wildman–Crippen LogP) is 1.83. The number of hydrogen-bond donors (Lipinski definition) is 1. The topological polar surface area (TPSA) is 60.9 Å². The molecular weight excluding hydrogens is 252 g/mol. The molecule has 0 aliphatic carbocycles. The Labute approximate surface area is 112 Å². The van der Waals surface area contributed by atoms with Gasteiger partial charge in [0.15, 0.2) is 0 Å². The van der Waals surface area contributed by atoms with Crippen LogP contribution in [-0.2, 0) is 4.79 Å². The van der Waals surface area contributed by atoms with Crippen LogP contribution in [0.2, 0.25) is 0 Å². The van der Waals surface area contributed by atoms with Crippen LogP contribution < -0.4 is 0 Å². The molecule has 0 aromatic heterocycles. The van der Waals surface area contributed by atoms with Crippen LogP contribution in [0.15, 0.2) is 0 Å². The maximum Gasteiger partial charge on any atom is 0.327 e. The molecule has 0 saturated carbocycles. The van der Waals surface area contributed by atoms with E-state index in [9.17, 15) is 14.7 Å². The fourth-order valence-electron chi connectivity index (χ4n) is 2.69. The van der Waals surface area contributed by atoms with E-state index in [-0.39, 0.29) is 17.4 Å². The van der Waals surface area contributed by atoms with Crippen molar-refractivity contribution in [3.63, 3.8) is 0 Å². The van der Waals surface area contributed by atoms with Crippen molar-refractivity contribution in [1.82, 2.24) is 9.80 Å². The second-order valence-corrected chi connectivity index (χ2v) is 6.14. The van der Waals surface area contributed by atoms with Gasteiger partial charge in [-0.2, -0.15) is 0 Å². The van der Waals surface area contributed by atoms with Crippen molar-refractivity contribution in [3.05, 3.63) is 0 Å². The van der Waals surface area contributed by atoms with Crippen LogP contribution in [0.1, 0.15) is 33.1 Å². The van der Waals surface area contributed by atoms with Crippen molar-refractivity contribution in [1.29, 1.82) is 0 Å². The normalized spacial score (nSPS) is 32.0. The smallest absolute Gasteiger partial charge is 0.327 e. The summed E-state index contributed by atoms with van der Waals surface area (Å²) in [5.74, 6) is -0.388. The summed E-state index contributed by atoms with van der Waals surface area (Å²) in [4.78, 5) is 27.2. The SMILES string of the molecule is CCC1SCC(C(=O)O)N1C(=O)N1CCCC1C. The Hall–Kier alpha value is -0.910. The van der Waals surface area contributed by atoms with Gasteiger partial charge in [-0.15, -0.1) is 11.8 Å². The lowest BCUT2D eigenvalue weighted by atomic mass is 10.2. The Morgan fingerprint density at radius 1 is 1.44 bits per heavy atom. The summed E-state index contributed by atoms with van der Waals surface area (Å²) in [5, 5.41) is 9.23. The zero-order chi connectivity index (χ0) is 13.3.